The second kappa shape index (κ2) is 8.16. The van der Waals surface area contributed by atoms with Crippen LogP contribution in [0.5, 0.6) is 0 Å². The molecule has 0 bridgehead atoms. The van der Waals surface area contributed by atoms with Crippen molar-refractivity contribution in [1.82, 2.24) is 15.1 Å². The summed E-state index contributed by atoms with van der Waals surface area (Å²) in [5.41, 5.74) is 0.802. The fraction of sp³-hybridized carbons (Fsp3) is 0.562. The van der Waals surface area contributed by atoms with Gasteiger partial charge in [0.15, 0.2) is 0 Å². The number of hydrogen-bond donors (Lipinski definition) is 1. The molecule has 1 amide bonds. The van der Waals surface area contributed by atoms with Gasteiger partial charge in [-0.1, -0.05) is 29.3 Å². The van der Waals surface area contributed by atoms with E-state index in [1.165, 1.54) is 0 Å². The van der Waals surface area contributed by atoms with Crippen LogP contribution in [0.15, 0.2) is 18.2 Å². The second-order valence-corrected chi connectivity index (χ2v) is 6.75. The topological polar surface area (TPSA) is 35.6 Å². The van der Waals surface area contributed by atoms with Gasteiger partial charge in [-0.3, -0.25) is 9.69 Å². The molecule has 6 heteroatoms. The van der Waals surface area contributed by atoms with Gasteiger partial charge in [-0.2, -0.15) is 0 Å². The molecule has 1 fully saturated rings. The van der Waals surface area contributed by atoms with Crippen LogP contribution in [0.3, 0.4) is 0 Å². The standard InChI is InChI=1S/C16H23Cl2N3O/c1-12(21-7-5-20(2)6-8-21)11-19-16(22)9-13-3-4-14(17)10-15(13)18/h3-4,10,12H,5-9,11H2,1-2H3,(H,19,22). The van der Waals surface area contributed by atoms with E-state index in [-0.39, 0.29) is 12.3 Å². The predicted octanol–water partition coefficient (Wildman–Crippen LogP) is 2.29. The number of nitrogens with one attached hydrogen (secondary N) is 1. The number of likely N-dealkylation sites (N-methyl/N-ethyl adjacent to an activating group) is 1. The molecular formula is C16H23Cl2N3O. The van der Waals surface area contributed by atoms with Crippen molar-refractivity contribution >= 4 is 29.1 Å². The third-order valence-electron chi connectivity index (χ3n) is 4.12. The number of carbonyl (C=O) groups is 1. The number of hydrogen-bond acceptors (Lipinski definition) is 3. The SMILES string of the molecule is CC(CNC(=O)Cc1ccc(Cl)cc1Cl)N1CCN(C)CC1. The number of halogens is 2. The van der Waals surface area contributed by atoms with Crippen LogP contribution in [0, 0.1) is 0 Å². The first-order valence-corrected chi connectivity index (χ1v) is 8.34. The van der Waals surface area contributed by atoms with Gasteiger partial charge in [0.05, 0.1) is 6.42 Å². The van der Waals surface area contributed by atoms with Gasteiger partial charge < -0.3 is 10.2 Å². The van der Waals surface area contributed by atoms with Crippen molar-refractivity contribution in [3.63, 3.8) is 0 Å². The van der Waals surface area contributed by atoms with Crippen LogP contribution < -0.4 is 5.32 Å². The van der Waals surface area contributed by atoms with E-state index in [4.69, 9.17) is 23.2 Å². The van der Waals surface area contributed by atoms with E-state index in [9.17, 15) is 4.79 Å². The third-order valence-corrected chi connectivity index (χ3v) is 4.71. The highest BCUT2D eigenvalue weighted by Gasteiger charge is 2.19. The highest BCUT2D eigenvalue weighted by atomic mass is 35.5. The lowest BCUT2D eigenvalue weighted by molar-refractivity contribution is -0.120. The molecular weight excluding hydrogens is 321 g/mol. The Kier molecular flexibility index (Phi) is 6.50. The Morgan fingerprint density at radius 3 is 2.59 bits per heavy atom. The van der Waals surface area contributed by atoms with Crippen LogP contribution in [0.4, 0.5) is 0 Å². The highest BCUT2D eigenvalue weighted by Crippen LogP contribution is 2.21. The summed E-state index contributed by atoms with van der Waals surface area (Å²) < 4.78 is 0. The Bertz CT molecular complexity index is 516. The van der Waals surface area contributed by atoms with Crippen molar-refractivity contribution in [3.05, 3.63) is 33.8 Å². The van der Waals surface area contributed by atoms with Crippen LogP contribution in [-0.4, -0.2) is 61.5 Å². The summed E-state index contributed by atoms with van der Waals surface area (Å²) >= 11 is 12.0. The number of benzene rings is 1. The van der Waals surface area contributed by atoms with Gasteiger partial charge in [0.2, 0.25) is 5.91 Å². The fourth-order valence-electron chi connectivity index (χ4n) is 2.55. The molecule has 0 saturated carbocycles. The lowest BCUT2D eigenvalue weighted by Gasteiger charge is -2.36. The molecule has 0 spiro atoms. The molecule has 1 aromatic rings. The molecule has 22 heavy (non-hydrogen) atoms. The number of carbonyl (C=O) groups excluding carboxylic acids is 1. The van der Waals surface area contributed by atoms with Crippen LogP contribution in [0.2, 0.25) is 10.0 Å². The minimum Gasteiger partial charge on any atom is -0.354 e. The lowest BCUT2D eigenvalue weighted by Crippen LogP contribution is -2.51. The molecule has 0 aliphatic carbocycles. The zero-order valence-electron chi connectivity index (χ0n) is 13.1. The van der Waals surface area contributed by atoms with Crippen molar-refractivity contribution in [2.45, 2.75) is 19.4 Å². The van der Waals surface area contributed by atoms with E-state index >= 15 is 0 Å². The average Bonchev–Trinajstić information content (AvgIpc) is 2.48. The molecule has 1 N–H and O–H groups in total. The van der Waals surface area contributed by atoms with E-state index in [1.807, 2.05) is 0 Å². The predicted molar refractivity (Wildman–Crippen MR) is 91.7 cm³/mol. The second-order valence-electron chi connectivity index (χ2n) is 5.90. The summed E-state index contributed by atoms with van der Waals surface area (Å²) in [6, 6.07) is 5.56. The Morgan fingerprint density at radius 1 is 1.27 bits per heavy atom. The van der Waals surface area contributed by atoms with E-state index in [2.05, 4.69) is 29.1 Å². The highest BCUT2D eigenvalue weighted by molar-refractivity contribution is 6.35. The monoisotopic (exact) mass is 343 g/mol. The van der Waals surface area contributed by atoms with Crippen LogP contribution >= 0.6 is 23.2 Å². The maximum Gasteiger partial charge on any atom is 0.224 e. The van der Waals surface area contributed by atoms with Gasteiger partial charge in [-0.25, -0.2) is 0 Å². The average molecular weight is 344 g/mol. The molecule has 1 unspecified atom stereocenters. The van der Waals surface area contributed by atoms with Gasteiger partial charge in [-0.05, 0) is 31.7 Å². The number of rotatable bonds is 5. The summed E-state index contributed by atoms with van der Waals surface area (Å²) in [5.74, 6) is -0.00907. The molecule has 1 aliphatic heterocycles. The van der Waals surface area contributed by atoms with Crippen LogP contribution in [0.25, 0.3) is 0 Å². The zero-order valence-corrected chi connectivity index (χ0v) is 14.6. The van der Waals surface area contributed by atoms with Gasteiger partial charge in [0.1, 0.15) is 0 Å². The fourth-order valence-corrected chi connectivity index (χ4v) is 3.03. The van der Waals surface area contributed by atoms with Crippen molar-refractivity contribution in [3.8, 4) is 0 Å². The molecule has 1 atom stereocenters. The van der Waals surface area contributed by atoms with E-state index in [0.717, 1.165) is 31.7 Å². The molecule has 0 aromatic heterocycles. The van der Waals surface area contributed by atoms with Gasteiger partial charge in [0, 0.05) is 48.8 Å². The maximum atomic E-state index is 12.1. The summed E-state index contributed by atoms with van der Waals surface area (Å²) in [4.78, 5) is 16.8. The van der Waals surface area contributed by atoms with Crippen molar-refractivity contribution in [2.75, 3.05) is 39.8 Å². The Labute approximate surface area is 142 Å². The Hall–Kier alpha value is -0.810. The van der Waals surface area contributed by atoms with Crippen LogP contribution in [-0.2, 0) is 11.2 Å². The first kappa shape index (κ1) is 17.5. The van der Waals surface area contributed by atoms with Gasteiger partial charge in [0.25, 0.3) is 0 Å². The van der Waals surface area contributed by atoms with Crippen molar-refractivity contribution < 1.29 is 4.79 Å². The molecule has 0 radical (unpaired) electrons. The van der Waals surface area contributed by atoms with E-state index in [1.54, 1.807) is 18.2 Å². The Morgan fingerprint density at radius 2 is 1.95 bits per heavy atom. The first-order chi connectivity index (χ1) is 10.5. The third kappa shape index (κ3) is 5.13. The normalized spacial score (nSPS) is 18.2. The molecule has 4 nitrogen and oxygen atoms in total. The van der Waals surface area contributed by atoms with Gasteiger partial charge in [-0.15, -0.1) is 0 Å². The molecule has 2 rings (SSSR count). The summed E-state index contributed by atoms with van der Waals surface area (Å²) in [5, 5.41) is 4.11. The Balaban J connectivity index is 1.77. The molecule has 1 heterocycles. The minimum atomic E-state index is -0.00907. The summed E-state index contributed by atoms with van der Waals surface area (Å²) in [7, 11) is 2.14. The minimum absolute atomic E-state index is 0.00907. The van der Waals surface area contributed by atoms with Crippen molar-refractivity contribution in [2.24, 2.45) is 0 Å². The molecule has 1 saturated heterocycles. The number of nitrogens with zero attached hydrogens (tertiary/aromatic N) is 2. The van der Waals surface area contributed by atoms with E-state index < -0.39 is 0 Å². The molecule has 1 aromatic carbocycles. The molecule has 1 aliphatic rings. The molecule has 122 valence electrons. The zero-order chi connectivity index (χ0) is 16.1. The van der Waals surface area contributed by atoms with Crippen molar-refractivity contribution in [1.29, 1.82) is 0 Å². The number of piperazine rings is 1. The summed E-state index contributed by atoms with van der Waals surface area (Å²) in [6.45, 7) is 7.08. The summed E-state index contributed by atoms with van der Waals surface area (Å²) in [6.07, 6.45) is 0.283. The van der Waals surface area contributed by atoms with E-state index in [0.29, 0.717) is 22.6 Å². The maximum absolute atomic E-state index is 12.1. The number of amides is 1. The largest absolute Gasteiger partial charge is 0.354 e. The van der Waals surface area contributed by atoms with Gasteiger partial charge >= 0.3 is 0 Å². The smallest absolute Gasteiger partial charge is 0.224 e. The lowest BCUT2D eigenvalue weighted by atomic mass is 10.1. The quantitative estimate of drug-likeness (QED) is 0.890. The van der Waals surface area contributed by atoms with Crippen LogP contribution in [0.1, 0.15) is 12.5 Å². The first-order valence-electron chi connectivity index (χ1n) is 7.59.